The van der Waals surface area contributed by atoms with Gasteiger partial charge in [0.1, 0.15) is 0 Å². The number of aryl methyl sites for hydroxylation is 1. The third-order valence-electron chi connectivity index (χ3n) is 4.22. The summed E-state index contributed by atoms with van der Waals surface area (Å²) in [5, 5.41) is 0. The van der Waals surface area contributed by atoms with Crippen LogP contribution in [0, 0.1) is 0 Å². The van der Waals surface area contributed by atoms with Crippen LogP contribution in [0.1, 0.15) is 31.1 Å². The van der Waals surface area contributed by atoms with E-state index in [0.29, 0.717) is 18.0 Å². The number of benzene rings is 1. The van der Waals surface area contributed by atoms with Gasteiger partial charge in [-0.3, -0.25) is 0 Å². The van der Waals surface area contributed by atoms with Gasteiger partial charge < -0.3 is 4.57 Å². The normalized spacial score (nSPS) is 19.4. The predicted molar refractivity (Wildman–Crippen MR) is 82.6 cm³/mol. The van der Waals surface area contributed by atoms with Crippen molar-refractivity contribution < 1.29 is 8.42 Å². The van der Waals surface area contributed by atoms with Gasteiger partial charge in [0.2, 0.25) is 10.0 Å². The van der Waals surface area contributed by atoms with E-state index in [1.54, 1.807) is 16.4 Å². The molecule has 1 aromatic heterocycles. The lowest BCUT2D eigenvalue weighted by molar-refractivity contribution is 0.282. The third-order valence-corrected chi connectivity index (χ3v) is 6.21. The van der Waals surface area contributed by atoms with Gasteiger partial charge in [-0.2, -0.15) is 4.31 Å². The van der Waals surface area contributed by atoms with Crippen LogP contribution < -0.4 is 0 Å². The zero-order chi connectivity index (χ0) is 15.0. The van der Waals surface area contributed by atoms with Crippen molar-refractivity contribution in [1.29, 1.82) is 0 Å². The summed E-state index contributed by atoms with van der Waals surface area (Å²) >= 11 is 0. The lowest BCUT2D eigenvalue weighted by atomic mass is 10.2. The molecule has 0 spiro atoms. The second-order valence-electron chi connectivity index (χ2n) is 5.42. The van der Waals surface area contributed by atoms with Crippen LogP contribution in [-0.4, -0.2) is 23.8 Å². The van der Waals surface area contributed by atoms with E-state index in [-0.39, 0.29) is 6.04 Å². The highest BCUT2D eigenvalue weighted by Crippen LogP contribution is 2.31. The van der Waals surface area contributed by atoms with Crippen LogP contribution in [0.3, 0.4) is 0 Å². The van der Waals surface area contributed by atoms with Crippen molar-refractivity contribution in [3.63, 3.8) is 0 Å². The second-order valence-corrected chi connectivity index (χ2v) is 7.31. The van der Waals surface area contributed by atoms with Crippen LogP contribution in [0.25, 0.3) is 0 Å². The summed E-state index contributed by atoms with van der Waals surface area (Å²) in [6.07, 6.45) is 2.92. The Morgan fingerprint density at radius 1 is 1.14 bits per heavy atom. The molecule has 0 N–H and O–H groups in total. The standard InChI is InChI=1S/C16H20N2O2S/c1-3-14-6-8-15(9-7-14)21(19,20)18-12-11-17-10-4-5-16(17)13(18)2/h4-10,13H,3,11-12H2,1-2H3. The Morgan fingerprint density at radius 2 is 1.86 bits per heavy atom. The van der Waals surface area contributed by atoms with E-state index in [0.717, 1.165) is 17.7 Å². The topological polar surface area (TPSA) is 42.3 Å². The van der Waals surface area contributed by atoms with Gasteiger partial charge in [0.05, 0.1) is 10.9 Å². The average Bonchev–Trinajstić information content (AvgIpc) is 2.97. The molecule has 0 saturated heterocycles. The van der Waals surface area contributed by atoms with E-state index in [1.165, 1.54) is 0 Å². The first-order valence-electron chi connectivity index (χ1n) is 7.30. The summed E-state index contributed by atoms with van der Waals surface area (Å²) < 4.78 is 29.4. The maximum absolute atomic E-state index is 12.8. The van der Waals surface area contributed by atoms with Gasteiger partial charge in [0.25, 0.3) is 0 Å². The molecule has 2 aromatic rings. The smallest absolute Gasteiger partial charge is 0.243 e. The first kappa shape index (κ1) is 14.4. The van der Waals surface area contributed by atoms with E-state index in [9.17, 15) is 8.42 Å². The molecular formula is C16H20N2O2S. The van der Waals surface area contributed by atoms with Crippen LogP contribution in [0.4, 0.5) is 0 Å². The van der Waals surface area contributed by atoms with Crippen molar-refractivity contribution in [2.75, 3.05) is 6.54 Å². The van der Waals surface area contributed by atoms with E-state index in [4.69, 9.17) is 0 Å². The van der Waals surface area contributed by atoms with Crippen LogP contribution >= 0.6 is 0 Å². The molecule has 0 amide bonds. The molecule has 1 atom stereocenters. The van der Waals surface area contributed by atoms with E-state index in [1.807, 2.05) is 37.4 Å². The Balaban J connectivity index is 1.95. The number of sulfonamides is 1. The fourth-order valence-electron chi connectivity index (χ4n) is 2.92. The van der Waals surface area contributed by atoms with Crippen LogP contribution in [0.2, 0.25) is 0 Å². The summed E-state index contributed by atoms with van der Waals surface area (Å²) in [6, 6.07) is 11.0. The number of hydrogen-bond acceptors (Lipinski definition) is 2. The maximum Gasteiger partial charge on any atom is 0.243 e. The zero-order valence-electron chi connectivity index (χ0n) is 12.4. The molecule has 5 heteroatoms. The second kappa shape index (κ2) is 5.31. The Bertz CT molecular complexity index is 732. The molecule has 21 heavy (non-hydrogen) atoms. The van der Waals surface area contributed by atoms with Crippen molar-refractivity contribution in [2.24, 2.45) is 0 Å². The minimum absolute atomic E-state index is 0.135. The van der Waals surface area contributed by atoms with E-state index >= 15 is 0 Å². The quantitative estimate of drug-likeness (QED) is 0.875. The fourth-order valence-corrected chi connectivity index (χ4v) is 4.52. The fraction of sp³-hybridized carbons (Fsp3) is 0.375. The Labute approximate surface area is 126 Å². The molecule has 112 valence electrons. The van der Waals surface area contributed by atoms with Crippen molar-refractivity contribution >= 4 is 10.0 Å². The molecular weight excluding hydrogens is 284 g/mol. The molecule has 0 saturated carbocycles. The molecule has 1 aromatic carbocycles. The molecule has 2 heterocycles. The molecule has 1 unspecified atom stereocenters. The monoisotopic (exact) mass is 304 g/mol. The lowest BCUT2D eigenvalue weighted by Crippen LogP contribution is -2.40. The molecule has 4 nitrogen and oxygen atoms in total. The van der Waals surface area contributed by atoms with Gasteiger partial charge in [0, 0.05) is 25.0 Å². The van der Waals surface area contributed by atoms with Gasteiger partial charge >= 0.3 is 0 Å². The van der Waals surface area contributed by atoms with Gasteiger partial charge in [-0.25, -0.2) is 8.42 Å². The summed E-state index contributed by atoms with van der Waals surface area (Å²) in [5.41, 5.74) is 2.20. The van der Waals surface area contributed by atoms with E-state index in [2.05, 4.69) is 11.5 Å². The molecule has 0 fully saturated rings. The maximum atomic E-state index is 12.8. The van der Waals surface area contributed by atoms with Crippen molar-refractivity contribution in [1.82, 2.24) is 8.87 Å². The van der Waals surface area contributed by atoms with Crippen molar-refractivity contribution in [2.45, 2.75) is 37.8 Å². The average molecular weight is 304 g/mol. The van der Waals surface area contributed by atoms with Crippen LogP contribution in [0.15, 0.2) is 47.5 Å². The Morgan fingerprint density at radius 3 is 2.52 bits per heavy atom. The first-order chi connectivity index (χ1) is 10.0. The molecule has 3 rings (SSSR count). The van der Waals surface area contributed by atoms with Crippen molar-refractivity contribution in [3.8, 4) is 0 Å². The number of fused-ring (bicyclic) bond motifs is 1. The number of nitrogens with zero attached hydrogens (tertiary/aromatic N) is 2. The number of rotatable bonds is 3. The molecule has 1 aliphatic rings. The Kier molecular flexibility index (Phi) is 3.63. The third kappa shape index (κ3) is 2.40. The van der Waals surface area contributed by atoms with Crippen LogP contribution in [0.5, 0.6) is 0 Å². The predicted octanol–water partition coefficient (Wildman–Crippen LogP) is 2.82. The largest absolute Gasteiger partial charge is 0.349 e. The molecule has 0 aliphatic carbocycles. The van der Waals surface area contributed by atoms with Crippen molar-refractivity contribution in [3.05, 3.63) is 53.9 Å². The van der Waals surface area contributed by atoms with Gasteiger partial charge in [-0.05, 0) is 43.2 Å². The first-order valence-corrected chi connectivity index (χ1v) is 8.74. The summed E-state index contributed by atoms with van der Waals surface area (Å²) in [4.78, 5) is 0.381. The number of aromatic nitrogens is 1. The van der Waals surface area contributed by atoms with E-state index < -0.39 is 10.0 Å². The van der Waals surface area contributed by atoms with Gasteiger partial charge in [-0.1, -0.05) is 19.1 Å². The van der Waals surface area contributed by atoms with Crippen LogP contribution in [-0.2, 0) is 23.0 Å². The minimum atomic E-state index is -3.44. The Hall–Kier alpha value is -1.59. The summed E-state index contributed by atoms with van der Waals surface area (Å²) in [5.74, 6) is 0. The molecule has 0 radical (unpaired) electrons. The van der Waals surface area contributed by atoms with Gasteiger partial charge in [0.15, 0.2) is 0 Å². The molecule has 1 aliphatic heterocycles. The van der Waals surface area contributed by atoms with Gasteiger partial charge in [-0.15, -0.1) is 0 Å². The minimum Gasteiger partial charge on any atom is -0.349 e. The zero-order valence-corrected chi connectivity index (χ0v) is 13.2. The summed E-state index contributed by atoms with van der Waals surface area (Å²) in [6.45, 7) is 5.23. The SMILES string of the molecule is CCc1ccc(S(=O)(=O)N2CCn3cccc3C2C)cc1. The molecule has 0 bridgehead atoms. The summed E-state index contributed by atoms with van der Waals surface area (Å²) in [7, 11) is -3.44. The highest BCUT2D eigenvalue weighted by molar-refractivity contribution is 7.89. The lowest BCUT2D eigenvalue weighted by Gasteiger charge is -2.33. The number of hydrogen-bond donors (Lipinski definition) is 0. The highest BCUT2D eigenvalue weighted by atomic mass is 32.2. The highest BCUT2D eigenvalue weighted by Gasteiger charge is 2.33.